The van der Waals surface area contributed by atoms with E-state index in [0.29, 0.717) is 0 Å². The van der Waals surface area contributed by atoms with Crippen molar-refractivity contribution < 1.29 is 17.6 Å². The number of benzene rings is 1. The van der Waals surface area contributed by atoms with E-state index < -0.39 is 15.7 Å². The fourth-order valence-corrected chi connectivity index (χ4v) is 2.57. The van der Waals surface area contributed by atoms with Crippen molar-refractivity contribution in [3.63, 3.8) is 0 Å². The predicted octanol–water partition coefficient (Wildman–Crippen LogP) is 1.08. The molecule has 17 heavy (non-hydrogen) atoms. The van der Waals surface area contributed by atoms with Gasteiger partial charge in [-0.2, -0.15) is 0 Å². The van der Waals surface area contributed by atoms with E-state index >= 15 is 0 Å². The first-order chi connectivity index (χ1) is 7.84. The lowest BCUT2D eigenvalue weighted by molar-refractivity contribution is -0.128. The molecule has 0 N–H and O–H groups in total. The minimum atomic E-state index is -3.74. The summed E-state index contributed by atoms with van der Waals surface area (Å²) in [5, 5.41) is 0. The zero-order chi connectivity index (χ0) is 13.1. The van der Waals surface area contributed by atoms with E-state index in [2.05, 4.69) is 0 Å². The van der Waals surface area contributed by atoms with Crippen molar-refractivity contribution in [2.45, 2.75) is 11.3 Å². The molecule has 4 nitrogen and oxygen atoms in total. The Hall–Kier alpha value is -1.43. The number of amides is 1. The monoisotopic (exact) mass is 259 g/mol. The highest BCUT2D eigenvalue weighted by Crippen LogP contribution is 2.16. The van der Waals surface area contributed by atoms with Gasteiger partial charge in [0.25, 0.3) is 0 Å². The number of rotatable bonds is 4. The molecule has 0 saturated heterocycles. The number of halogens is 1. The fourth-order valence-electron chi connectivity index (χ4n) is 1.25. The molecule has 0 heterocycles. The molecule has 0 spiro atoms. The second-order valence-electron chi connectivity index (χ2n) is 3.79. The fraction of sp³-hybridized carbons (Fsp3) is 0.364. The van der Waals surface area contributed by atoms with E-state index in [1.807, 2.05) is 0 Å². The molecule has 6 heteroatoms. The second kappa shape index (κ2) is 5.27. The van der Waals surface area contributed by atoms with Crippen molar-refractivity contribution in [3.8, 4) is 0 Å². The molecule has 0 aliphatic rings. The highest BCUT2D eigenvalue weighted by atomic mass is 32.2. The summed E-state index contributed by atoms with van der Waals surface area (Å²) in [5.41, 5.74) is 0. The molecule has 0 fully saturated rings. The van der Waals surface area contributed by atoms with E-state index in [9.17, 15) is 17.6 Å². The average molecular weight is 259 g/mol. The summed E-state index contributed by atoms with van der Waals surface area (Å²) in [4.78, 5) is 12.2. The molecule has 0 aliphatic heterocycles. The first-order valence-corrected chi connectivity index (χ1v) is 6.67. The third-order valence-corrected chi connectivity index (χ3v) is 4.00. The van der Waals surface area contributed by atoms with E-state index in [4.69, 9.17) is 0 Å². The Labute approximate surface area is 100.0 Å². The molecule has 1 aromatic rings. The first-order valence-electron chi connectivity index (χ1n) is 5.02. The summed E-state index contributed by atoms with van der Waals surface area (Å²) in [6.45, 7) is 0. The highest BCUT2D eigenvalue weighted by Gasteiger charge is 2.20. The van der Waals surface area contributed by atoms with Crippen LogP contribution in [0.1, 0.15) is 6.42 Å². The summed E-state index contributed by atoms with van der Waals surface area (Å²) in [6, 6.07) is 5.15. The van der Waals surface area contributed by atoms with Gasteiger partial charge in [0.15, 0.2) is 9.84 Å². The molecule has 0 bridgehead atoms. The maximum absolute atomic E-state index is 13.3. The molecule has 1 amide bonds. The Morgan fingerprint density at radius 2 is 1.88 bits per heavy atom. The quantitative estimate of drug-likeness (QED) is 0.813. The maximum atomic E-state index is 13.3. The van der Waals surface area contributed by atoms with Crippen molar-refractivity contribution in [2.24, 2.45) is 0 Å². The van der Waals surface area contributed by atoms with Gasteiger partial charge in [0.05, 0.1) is 5.75 Å². The number of carbonyl (C=O) groups is 1. The van der Waals surface area contributed by atoms with E-state index in [0.717, 1.165) is 6.07 Å². The Kier molecular flexibility index (Phi) is 4.22. The van der Waals surface area contributed by atoms with Crippen LogP contribution in [0.4, 0.5) is 4.39 Å². The van der Waals surface area contributed by atoms with Crippen LogP contribution in [0.25, 0.3) is 0 Å². The van der Waals surface area contributed by atoms with Crippen molar-refractivity contribution in [3.05, 3.63) is 30.1 Å². The summed E-state index contributed by atoms with van der Waals surface area (Å²) in [7, 11) is -0.663. The van der Waals surface area contributed by atoms with Gasteiger partial charge in [0.1, 0.15) is 10.7 Å². The molecule has 1 aromatic carbocycles. The Bertz CT molecular complexity index is 511. The molecule has 0 saturated carbocycles. The lowest BCUT2D eigenvalue weighted by atomic mass is 10.3. The highest BCUT2D eigenvalue weighted by molar-refractivity contribution is 7.91. The molecule has 1 rings (SSSR count). The third kappa shape index (κ3) is 3.52. The van der Waals surface area contributed by atoms with Crippen molar-refractivity contribution >= 4 is 15.7 Å². The van der Waals surface area contributed by atoms with Gasteiger partial charge in [-0.15, -0.1) is 0 Å². The number of carbonyl (C=O) groups excluding carboxylic acids is 1. The molecule has 0 aromatic heterocycles. The lowest BCUT2D eigenvalue weighted by Crippen LogP contribution is -2.24. The van der Waals surface area contributed by atoms with E-state index in [1.54, 1.807) is 0 Å². The summed E-state index contributed by atoms with van der Waals surface area (Å²) < 4.78 is 36.8. The molecule has 0 aliphatic carbocycles. The predicted molar refractivity (Wildman–Crippen MR) is 61.8 cm³/mol. The molecular weight excluding hydrogens is 245 g/mol. The van der Waals surface area contributed by atoms with Crippen LogP contribution in [0.15, 0.2) is 29.2 Å². The Balaban J connectivity index is 2.84. The number of hydrogen-bond acceptors (Lipinski definition) is 3. The number of sulfone groups is 1. The van der Waals surface area contributed by atoms with Gasteiger partial charge >= 0.3 is 0 Å². The van der Waals surface area contributed by atoms with Crippen LogP contribution in [0.3, 0.4) is 0 Å². The van der Waals surface area contributed by atoms with E-state index in [-0.39, 0.29) is 23.0 Å². The van der Waals surface area contributed by atoms with Gasteiger partial charge < -0.3 is 4.90 Å². The van der Waals surface area contributed by atoms with Gasteiger partial charge in [-0.05, 0) is 12.1 Å². The zero-order valence-electron chi connectivity index (χ0n) is 9.68. The van der Waals surface area contributed by atoms with Crippen LogP contribution in [0, 0.1) is 5.82 Å². The normalized spacial score (nSPS) is 11.2. The molecule has 0 radical (unpaired) electrons. The van der Waals surface area contributed by atoms with Crippen molar-refractivity contribution in [1.82, 2.24) is 4.90 Å². The molecular formula is C11H14FNO3S. The largest absolute Gasteiger partial charge is 0.349 e. The molecule has 0 atom stereocenters. The average Bonchev–Trinajstić information content (AvgIpc) is 2.26. The van der Waals surface area contributed by atoms with E-state index in [1.165, 1.54) is 37.2 Å². The van der Waals surface area contributed by atoms with Crippen LogP contribution in [-0.4, -0.2) is 39.1 Å². The standard InChI is InChI=1S/C11H14FNO3S/c1-13(2)11(14)7-8-17(15,16)10-6-4-3-5-9(10)12/h3-6H,7-8H2,1-2H3. The van der Waals surface area contributed by atoms with Gasteiger partial charge in [0, 0.05) is 20.5 Å². The minimum absolute atomic E-state index is 0.149. The summed E-state index contributed by atoms with van der Waals surface area (Å²) in [6.07, 6.45) is -0.149. The van der Waals surface area contributed by atoms with Gasteiger partial charge in [-0.25, -0.2) is 12.8 Å². The van der Waals surface area contributed by atoms with Crippen LogP contribution >= 0.6 is 0 Å². The summed E-state index contributed by atoms with van der Waals surface area (Å²) >= 11 is 0. The van der Waals surface area contributed by atoms with Gasteiger partial charge in [-0.3, -0.25) is 4.79 Å². The topological polar surface area (TPSA) is 54.5 Å². The lowest BCUT2D eigenvalue weighted by Gasteiger charge is -2.10. The van der Waals surface area contributed by atoms with Crippen molar-refractivity contribution in [1.29, 1.82) is 0 Å². The van der Waals surface area contributed by atoms with Crippen LogP contribution in [-0.2, 0) is 14.6 Å². The summed E-state index contributed by atoms with van der Waals surface area (Å²) in [5.74, 6) is -1.47. The molecule has 0 unspecified atom stereocenters. The maximum Gasteiger partial charge on any atom is 0.223 e. The SMILES string of the molecule is CN(C)C(=O)CCS(=O)(=O)c1ccccc1F. The van der Waals surface area contributed by atoms with Crippen LogP contribution < -0.4 is 0 Å². The second-order valence-corrected chi connectivity index (χ2v) is 5.87. The third-order valence-electron chi connectivity index (χ3n) is 2.26. The zero-order valence-corrected chi connectivity index (χ0v) is 10.5. The van der Waals surface area contributed by atoms with Gasteiger partial charge in [-0.1, -0.05) is 12.1 Å². The number of nitrogens with zero attached hydrogens (tertiary/aromatic N) is 1. The number of hydrogen-bond donors (Lipinski definition) is 0. The van der Waals surface area contributed by atoms with Crippen LogP contribution in [0.2, 0.25) is 0 Å². The van der Waals surface area contributed by atoms with Crippen LogP contribution in [0.5, 0.6) is 0 Å². The Morgan fingerprint density at radius 3 is 2.41 bits per heavy atom. The first kappa shape index (κ1) is 13.6. The minimum Gasteiger partial charge on any atom is -0.349 e. The van der Waals surface area contributed by atoms with Gasteiger partial charge in [0.2, 0.25) is 5.91 Å². The smallest absolute Gasteiger partial charge is 0.223 e. The Morgan fingerprint density at radius 1 is 1.29 bits per heavy atom. The van der Waals surface area contributed by atoms with Crippen molar-refractivity contribution in [2.75, 3.05) is 19.8 Å². The molecule has 94 valence electrons.